The van der Waals surface area contributed by atoms with E-state index in [9.17, 15) is 29.5 Å². The van der Waals surface area contributed by atoms with Crippen LogP contribution in [0.4, 0.5) is 11.9 Å². The van der Waals surface area contributed by atoms with E-state index in [-0.39, 0.29) is 23.7 Å². The molecular formula is C10H11N6O9P. The number of nitrogens with zero attached hydrogens (tertiary/aromatic N) is 4. The molecular weight excluding hydrogens is 379 g/mol. The number of nitrogens with one attached hydrogen (secondary N) is 1. The summed E-state index contributed by atoms with van der Waals surface area (Å²) in [5.74, 6) is -1.16. The molecule has 5 unspecified atom stereocenters. The average molecular weight is 390 g/mol. The van der Waals surface area contributed by atoms with Gasteiger partial charge in [-0.1, -0.05) is 4.98 Å². The Bertz CT molecular complexity index is 1020. The fourth-order valence-electron chi connectivity index (χ4n) is 2.90. The molecule has 2 aromatic heterocycles. The van der Waals surface area contributed by atoms with Gasteiger partial charge in [-0.05, 0) is 4.92 Å². The average Bonchev–Trinajstić information content (AvgIpc) is 3.05. The number of hydrogen-bond donors (Lipinski definition) is 4. The number of H-pyrrole nitrogens is 1. The largest absolute Gasteiger partial charge is 0.472 e. The molecule has 4 heterocycles. The molecule has 15 nitrogen and oxygen atoms in total. The number of aliphatic hydroxyl groups excluding tert-OH is 1. The Hall–Kier alpha value is -2.42. The number of nitrogens with two attached hydrogens (primary N) is 1. The van der Waals surface area contributed by atoms with Crippen LogP contribution in [0.25, 0.3) is 11.2 Å². The van der Waals surface area contributed by atoms with Gasteiger partial charge in [0.15, 0.2) is 0 Å². The van der Waals surface area contributed by atoms with Crippen molar-refractivity contribution in [1.29, 1.82) is 0 Å². The Morgan fingerprint density at radius 3 is 2.88 bits per heavy atom. The SMILES string of the molecule is Nc1nc2c(nc([N+](=O)[O-])n2C2OC3COP(=O)(O)OC3C2O)c(=O)[nH]1. The number of hydrogen-bond acceptors (Lipinski definition) is 11. The van der Waals surface area contributed by atoms with Crippen molar-refractivity contribution in [3.63, 3.8) is 0 Å². The van der Waals surface area contributed by atoms with Crippen molar-refractivity contribution in [2.45, 2.75) is 24.5 Å². The van der Waals surface area contributed by atoms with Crippen LogP contribution in [0.5, 0.6) is 0 Å². The van der Waals surface area contributed by atoms with Gasteiger partial charge in [-0.3, -0.25) is 18.8 Å². The van der Waals surface area contributed by atoms with Gasteiger partial charge in [0.25, 0.3) is 11.1 Å². The number of nitrogen functional groups attached to an aromatic ring is 1. The number of ether oxygens (including phenoxy) is 1. The third-order valence-corrected chi connectivity index (χ3v) is 4.92. The maximum absolute atomic E-state index is 11.9. The molecule has 140 valence electrons. The fourth-order valence-corrected chi connectivity index (χ4v) is 3.87. The van der Waals surface area contributed by atoms with Crippen molar-refractivity contribution in [2.24, 2.45) is 0 Å². The first-order valence-electron chi connectivity index (χ1n) is 7.09. The highest BCUT2D eigenvalue weighted by molar-refractivity contribution is 7.47. The van der Waals surface area contributed by atoms with Crippen LogP contribution in [0.2, 0.25) is 0 Å². The summed E-state index contributed by atoms with van der Waals surface area (Å²) in [5, 5.41) is 21.8. The van der Waals surface area contributed by atoms with Gasteiger partial charge >= 0.3 is 13.8 Å². The predicted molar refractivity (Wildman–Crippen MR) is 79.8 cm³/mol. The third-order valence-electron chi connectivity index (χ3n) is 3.93. The number of phosphoric ester groups is 1. The molecule has 2 aromatic rings. The quantitative estimate of drug-likeness (QED) is 0.258. The number of phosphoric acid groups is 1. The summed E-state index contributed by atoms with van der Waals surface area (Å²) in [6.45, 7) is -0.386. The maximum atomic E-state index is 11.9. The van der Waals surface area contributed by atoms with Gasteiger partial charge < -0.3 is 30.6 Å². The number of rotatable bonds is 2. The van der Waals surface area contributed by atoms with Crippen LogP contribution in [-0.4, -0.2) is 59.4 Å². The number of aliphatic hydroxyl groups is 1. The van der Waals surface area contributed by atoms with Crippen LogP contribution >= 0.6 is 7.82 Å². The summed E-state index contributed by atoms with van der Waals surface area (Å²) in [6.07, 6.45) is -5.37. The molecule has 2 fully saturated rings. The number of fused-ring (bicyclic) bond motifs is 2. The van der Waals surface area contributed by atoms with Crippen molar-refractivity contribution in [3.05, 3.63) is 20.5 Å². The number of aromatic nitrogens is 4. The first kappa shape index (κ1) is 17.0. The highest BCUT2D eigenvalue weighted by Crippen LogP contribution is 2.52. The summed E-state index contributed by atoms with van der Waals surface area (Å²) in [5.41, 5.74) is 3.96. The Labute approximate surface area is 142 Å². The van der Waals surface area contributed by atoms with E-state index in [2.05, 4.69) is 19.5 Å². The molecule has 0 bridgehead atoms. The highest BCUT2D eigenvalue weighted by Gasteiger charge is 2.55. The number of imidazole rings is 1. The minimum absolute atomic E-state index is 0.297. The van der Waals surface area contributed by atoms with Gasteiger partial charge in [0.1, 0.15) is 18.3 Å². The fraction of sp³-hybridized carbons (Fsp3) is 0.500. The predicted octanol–water partition coefficient (Wildman–Crippen LogP) is -1.62. The smallest absolute Gasteiger partial charge is 0.390 e. The number of nitro groups is 1. The molecule has 2 aliphatic heterocycles. The minimum Gasteiger partial charge on any atom is -0.390 e. The Morgan fingerprint density at radius 2 is 2.19 bits per heavy atom. The first-order chi connectivity index (χ1) is 12.2. The van der Waals surface area contributed by atoms with Gasteiger partial charge in [0.05, 0.1) is 6.61 Å². The van der Waals surface area contributed by atoms with E-state index < -0.39 is 48.8 Å². The second-order valence-corrected chi connectivity index (χ2v) is 6.96. The lowest BCUT2D eigenvalue weighted by molar-refractivity contribution is -0.398. The lowest BCUT2D eigenvalue weighted by atomic mass is 10.1. The van der Waals surface area contributed by atoms with Crippen molar-refractivity contribution in [2.75, 3.05) is 12.3 Å². The van der Waals surface area contributed by atoms with Crippen molar-refractivity contribution >= 4 is 30.9 Å². The van der Waals surface area contributed by atoms with Crippen LogP contribution < -0.4 is 11.3 Å². The van der Waals surface area contributed by atoms with Gasteiger partial charge in [0.2, 0.25) is 17.8 Å². The summed E-state index contributed by atoms with van der Waals surface area (Å²) >= 11 is 0. The lowest BCUT2D eigenvalue weighted by Gasteiger charge is -2.27. The molecule has 0 aromatic carbocycles. The summed E-state index contributed by atoms with van der Waals surface area (Å²) in [4.78, 5) is 41.3. The van der Waals surface area contributed by atoms with E-state index in [4.69, 9.17) is 15.0 Å². The van der Waals surface area contributed by atoms with Crippen LogP contribution in [0.3, 0.4) is 0 Å². The monoisotopic (exact) mass is 390 g/mol. The summed E-state index contributed by atoms with van der Waals surface area (Å²) in [7, 11) is -4.38. The first-order valence-corrected chi connectivity index (χ1v) is 8.59. The van der Waals surface area contributed by atoms with Crippen LogP contribution in [0, 0.1) is 10.1 Å². The summed E-state index contributed by atoms with van der Waals surface area (Å²) in [6, 6.07) is 0. The summed E-state index contributed by atoms with van der Waals surface area (Å²) < 4.78 is 27.2. The van der Waals surface area contributed by atoms with E-state index in [1.165, 1.54) is 0 Å². The molecule has 0 spiro atoms. The second kappa shape index (κ2) is 5.54. The van der Waals surface area contributed by atoms with Crippen molar-refractivity contribution < 1.29 is 33.3 Å². The van der Waals surface area contributed by atoms with Crippen LogP contribution in [0.15, 0.2) is 4.79 Å². The maximum Gasteiger partial charge on any atom is 0.472 e. The highest BCUT2D eigenvalue weighted by atomic mass is 31.2. The van der Waals surface area contributed by atoms with E-state index in [0.29, 0.717) is 0 Å². The Balaban J connectivity index is 1.86. The molecule has 0 saturated carbocycles. The molecule has 5 N–H and O–H groups in total. The Kier molecular flexibility index (Phi) is 3.62. The zero-order valence-corrected chi connectivity index (χ0v) is 13.5. The number of anilines is 1. The second-order valence-electron chi connectivity index (χ2n) is 5.55. The zero-order valence-electron chi connectivity index (χ0n) is 12.6. The van der Waals surface area contributed by atoms with E-state index >= 15 is 0 Å². The molecule has 4 rings (SSSR count). The van der Waals surface area contributed by atoms with Gasteiger partial charge in [0, 0.05) is 0 Å². The molecule has 26 heavy (non-hydrogen) atoms. The molecule has 0 amide bonds. The topological polar surface area (TPSA) is 218 Å². The standard InChI is InChI=1S/C10H11N6O9P/c11-9-13-6-3(7(18)14-9)12-10(16(19)20)15(6)8-4(17)5-2(24-8)1-23-26(21,22)25-5/h2,4-5,8,17H,1H2,(H,21,22)(H3,11,13,14,18). The zero-order chi connectivity index (χ0) is 18.8. The number of aromatic amines is 1. The third kappa shape index (κ3) is 2.49. The molecule has 0 radical (unpaired) electrons. The lowest BCUT2D eigenvalue weighted by Crippen LogP contribution is -2.39. The van der Waals surface area contributed by atoms with E-state index in [1.807, 2.05) is 0 Å². The molecule has 0 aliphatic carbocycles. The molecule has 2 saturated heterocycles. The van der Waals surface area contributed by atoms with Crippen LogP contribution in [0.1, 0.15) is 6.23 Å². The van der Waals surface area contributed by atoms with Gasteiger partial charge in [-0.15, -0.1) is 0 Å². The Morgan fingerprint density at radius 1 is 1.46 bits per heavy atom. The molecule has 16 heteroatoms. The van der Waals surface area contributed by atoms with Crippen molar-refractivity contribution in [1.82, 2.24) is 19.5 Å². The van der Waals surface area contributed by atoms with Crippen LogP contribution in [-0.2, 0) is 18.3 Å². The van der Waals surface area contributed by atoms with Gasteiger partial charge in [-0.2, -0.15) is 9.55 Å². The van der Waals surface area contributed by atoms with Crippen molar-refractivity contribution in [3.8, 4) is 0 Å². The van der Waals surface area contributed by atoms with Gasteiger partial charge in [-0.25, -0.2) is 4.57 Å². The van der Waals surface area contributed by atoms with E-state index in [0.717, 1.165) is 4.57 Å². The van der Waals surface area contributed by atoms with E-state index in [1.54, 1.807) is 0 Å². The molecule has 2 aliphatic rings. The normalized spacial score (nSPS) is 34.1. The molecule has 5 atom stereocenters. The minimum atomic E-state index is -4.38.